The largest absolute Gasteiger partial charge is 0.487 e. The quantitative estimate of drug-likeness (QED) is 0.139. The molecule has 1 amide bonds. The monoisotopic (exact) mass is 648 g/mol. The molecule has 0 spiro atoms. The average molecular weight is 649 g/mol. The Balaban J connectivity index is 1.16. The van der Waals surface area contributed by atoms with Crippen LogP contribution >= 0.6 is 0 Å². The van der Waals surface area contributed by atoms with Crippen LogP contribution in [0.3, 0.4) is 0 Å². The van der Waals surface area contributed by atoms with Crippen LogP contribution in [0.4, 0.5) is 4.79 Å². The summed E-state index contributed by atoms with van der Waals surface area (Å²) in [5.41, 5.74) is 12.6. The summed E-state index contributed by atoms with van der Waals surface area (Å²) in [5.74, 6) is -0.975. The topological polar surface area (TPSA) is 169 Å². The standard InChI is InChI=1S/C34H40N4O7S/c1-19-20(2)30(21(3)26-17-34(4,5)45-29(19)26)46(42,43)38-32(35)36-16-10-15-28(31(39)40)37-33(41)44-18-27-24-13-8-6-11-22(24)23-12-7-9-14-25(23)27/h6-9,11-14,27-28H,10,15-18H2,1-5H3,(H,37,41)(H,39,40)(H3,35,36,38)/t28-/m1/s1. The maximum absolute atomic E-state index is 13.4. The molecule has 1 heterocycles. The molecule has 0 fully saturated rings. The van der Waals surface area contributed by atoms with Gasteiger partial charge in [0.2, 0.25) is 5.96 Å². The number of alkyl carbamates (subject to hydrolysis) is 1. The molecule has 0 radical (unpaired) electrons. The number of carboxylic acids is 1. The van der Waals surface area contributed by atoms with Crippen molar-refractivity contribution in [2.45, 2.75) is 76.3 Å². The van der Waals surface area contributed by atoms with Gasteiger partial charge in [-0.25, -0.2) is 22.7 Å². The molecule has 0 saturated heterocycles. The van der Waals surface area contributed by atoms with Gasteiger partial charge < -0.3 is 25.6 Å². The molecule has 244 valence electrons. The number of aliphatic imine (C=N–C) groups is 1. The van der Waals surface area contributed by atoms with E-state index in [9.17, 15) is 23.1 Å². The number of fused-ring (bicyclic) bond motifs is 4. The van der Waals surface area contributed by atoms with E-state index in [0.29, 0.717) is 17.5 Å². The maximum atomic E-state index is 13.4. The summed E-state index contributed by atoms with van der Waals surface area (Å²) in [6.07, 6.45) is -0.0165. The van der Waals surface area contributed by atoms with Crippen LogP contribution in [-0.4, -0.2) is 56.3 Å². The third-order valence-corrected chi connectivity index (χ3v) is 10.3. The minimum absolute atomic E-state index is 0.0288. The van der Waals surface area contributed by atoms with E-state index in [1.54, 1.807) is 13.8 Å². The molecule has 0 unspecified atom stereocenters. The summed E-state index contributed by atoms with van der Waals surface area (Å²) in [7, 11) is -4.06. The van der Waals surface area contributed by atoms with E-state index in [1.165, 1.54) is 0 Å². The summed E-state index contributed by atoms with van der Waals surface area (Å²) in [6.45, 7) is 9.33. The lowest BCUT2D eigenvalue weighted by molar-refractivity contribution is -0.139. The van der Waals surface area contributed by atoms with Crippen molar-refractivity contribution in [3.63, 3.8) is 0 Å². The lowest BCUT2D eigenvalue weighted by Crippen LogP contribution is -2.41. The molecular formula is C34H40N4O7S. The first-order chi connectivity index (χ1) is 21.7. The molecule has 0 saturated carbocycles. The minimum Gasteiger partial charge on any atom is -0.487 e. The summed E-state index contributed by atoms with van der Waals surface area (Å²) in [4.78, 5) is 28.7. The number of amides is 1. The van der Waals surface area contributed by atoms with Crippen LogP contribution in [0.25, 0.3) is 11.1 Å². The number of sulfonamides is 1. The van der Waals surface area contributed by atoms with E-state index in [2.05, 4.69) is 15.0 Å². The number of hydrogen-bond donors (Lipinski definition) is 4. The number of aliphatic carboxylic acids is 1. The van der Waals surface area contributed by atoms with Crippen molar-refractivity contribution in [2.75, 3.05) is 13.2 Å². The number of ether oxygens (including phenoxy) is 2. The molecule has 2 aliphatic rings. The van der Waals surface area contributed by atoms with Gasteiger partial charge in [-0.2, -0.15) is 0 Å². The highest BCUT2D eigenvalue weighted by Gasteiger charge is 2.37. The molecular weight excluding hydrogens is 608 g/mol. The van der Waals surface area contributed by atoms with Gasteiger partial charge >= 0.3 is 12.1 Å². The Bertz CT molecular complexity index is 1790. The van der Waals surface area contributed by atoms with Crippen molar-refractivity contribution in [3.05, 3.63) is 81.9 Å². The number of rotatable bonds is 10. The third-order valence-electron chi connectivity index (χ3n) is 8.67. The Morgan fingerprint density at radius 1 is 1.04 bits per heavy atom. The number of hydrogen-bond acceptors (Lipinski definition) is 7. The first kappa shape index (κ1) is 32.8. The minimum atomic E-state index is -4.06. The van der Waals surface area contributed by atoms with Crippen LogP contribution in [-0.2, 0) is 26.0 Å². The predicted molar refractivity (Wildman–Crippen MR) is 175 cm³/mol. The summed E-state index contributed by atoms with van der Waals surface area (Å²) in [5, 5.41) is 12.1. The molecule has 1 aliphatic heterocycles. The van der Waals surface area contributed by atoms with E-state index in [4.69, 9.17) is 15.2 Å². The van der Waals surface area contributed by atoms with Gasteiger partial charge in [0.25, 0.3) is 10.0 Å². The zero-order chi connectivity index (χ0) is 33.4. The number of carboxylic acid groups (broad SMARTS) is 1. The van der Waals surface area contributed by atoms with E-state index in [0.717, 1.165) is 39.1 Å². The van der Waals surface area contributed by atoms with Gasteiger partial charge in [-0.3, -0.25) is 4.99 Å². The third kappa shape index (κ3) is 6.53. The van der Waals surface area contributed by atoms with Gasteiger partial charge in [-0.15, -0.1) is 0 Å². The SMILES string of the molecule is Cc1c(C)c(S(=O)(=O)NC(N)=NCCC[C@@H](NC(=O)OCC2c3ccccc3-c3ccccc32)C(=O)O)c(C)c2c1OC(C)(C)C2. The Kier molecular flexibility index (Phi) is 9.03. The van der Waals surface area contributed by atoms with Gasteiger partial charge in [-0.05, 0) is 86.4 Å². The van der Waals surface area contributed by atoms with Crippen molar-refractivity contribution in [3.8, 4) is 16.9 Å². The maximum Gasteiger partial charge on any atom is 0.407 e. The zero-order valence-electron chi connectivity index (χ0n) is 26.6. The van der Waals surface area contributed by atoms with Crippen molar-refractivity contribution >= 4 is 28.0 Å². The molecule has 46 heavy (non-hydrogen) atoms. The van der Waals surface area contributed by atoms with Crippen LogP contribution in [0.1, 0.15) is 66.0 Å². The van der Waals surface area contributed by atoms with E-state index in [-0.39, 0.29) is 42.8 Å². The molecule has 1 aliphatic carbocycles. The van der Waals surface area contributed by atoms with Crippen molar-refractivity contribution < 1.29 is 32.6 Å². The number of carbonyl (C=O) groups excluding carboxylic acids is 1. The van der Waals surface area contributed by atoms with Gasteiger partial charge in [0.15, 0.2) is 0 Å². The number of nitrogens with one attached hydrogen (secondary N) is 2. The molecule has 11 nitrogen and oxygen atoms in total. The van der Waals surface area contributed by atoms with Gasteiger partial charge in [0, 0.05) is 24.4 Å². The van der Waals surface area contributed by atoms with Crippen LogP contribution < -0.4 is 20.5 Å². The molecule has 12 heteroatoms. The van der Waals surface area contributed by atoms with Crippen molar-refractivity contribution in [1.82, 2.24) is 10.0 Å². The molecule has 3 aromatic carbocycles. The Morgan fingerprint density at radius 3 is 2.26 bits per heavy atom. The molecule has 3 aromatic rings. The van der Waals surface area contributed by atoms with Gasteiger partial charge in [0.05, 0.1) is 4.90 Å². The second-order valence-corrected chi connectivity index (χ2v) is 14.0. The van der Waals surface area contributed by atoms with Crippen LogP contribution in [0, 0.1) is 20.8 Å². The number of carbonyl (C=O) groups is 2. The van der Waals surface area contributed by atoms with E-state index < -0.39 is 33.7 Å². The zero-order valence-corrected chi connectivity index (χ0v) is 27.5. The fraction of sp³-hybridized carbons (Fsp3) is 0.382. The highest BCUT2D eigenvalue weighted by atomic mass is 32.2. The molecule has 0 aromatic heterocycles. The van der Waals surface area contributed by atoms with E-state index in [1.807, 2.05) is 69.3 Å². The lowest BCUT2D eigenvalue weighted by atomic mass is 9.94. The second-order valence-electron chi connectivity index (χ2n) is 12.4. The van der Waals surface area contributed by atoms with E-state index >= 15 is 0 Å². The highest BCUT2D eigenvalue weighted by Crippen LogP contribution is 2.45. The summed E-state index contributed by atoms with van der Waals surface area (Å²) >= 11 is 0. The molecule has 1 atom stereocenters. The number of guanidine groups is 1. The fourth-order valence-corrected chi connectivity index (χ4v) is 7.93. The van der Waals surface area contributed by atoms with Crippen LogP contribution in [0.5, 0.6) is 5.75 Å². The Morgan fingerprint density at radius 2 is 1.65 bits per heavy atom. The fourth-order valence-electron chi connectivity index (χ4n) is 6.40. The lowest BCUT2D eigenvalue weighted by Gasteiger charge is -2.19. The Labute approximate surface area is 269 Å². The predicted octanol–water partition coefficient (Wildman–Crippen LogP) is 4.69. The first-order valence-electron chi connectivity index (χ1n) is 15.2. The molecule has 5 N–H and O–H groups in total. The van der Waals surface area contributed by atoms with Crippen LogP contribution in [0.2, 0.25) is 0 Å². The second kappa shape index (κ2) is 12.7. The van der Waals surface area contributed by atoms with Crippen molar-refractivity contribution in [2.24, 2.45) is 10.7 Å². The number of nitrogens with two attached hydrogens (primary N) is 1. The van der Waals surface area contributed by atoms with Gasteiger partial charge in [0.1, 0.15) is 24.0 Å². The molecule has 5 rings (SSSR count). The summed E-state index contributed by atoms with van der Waals surface area (Å²) < 4.78 is 40.7. The highest BCUT2D eigenvalue weighted by molar-refractivity contribution is 7.90. The normalized spacial score (nSPS) is 15.7. The van der Waals surface area contributed by atoms with Crippen LogP contribution in [0.15, 0.2) is 58.4 Å². The number of benzene rings is 3. The summed E-state index contributed by atoms with van der Waals surface area (Å²) in [6, 6.07) is 14.6. The Hall–Kier alpha value is -4.58. The molecule has 0 bridgehead atoms. The van der Waals surface area contributed by atoms with Crippen molar-refractivity contribution in [1.29, 1.82) is 0 Å². The number of nitrogens with zero attached hydrogens (tertiary/aromatic N) is 1. The van der Waals surface area contributed by atoms with Gasteiger partial charge in [-0.1, -0.05) is 48.5 Å². The first-order valence-corrected chi connectivity index (χ1v) is 16.7. The smallest absolute Gasteiger partial charge is 0.407 e. The average Bonchev–Trinajstić information content (AvgIpc) is 3.50.